The van der Waals surface area contributed by atoms with Crippen molar-refractivity contribution in [3.8, 4) is 5.69 Å². The van der Waals surface area contributed by atoms with Crippen LogP contribution in [0, 0.1) is 13.8 Å². The van der Waals surface area contributed by atoms with E-state index in [-0.39, 0.29) is 11.8 Å². The number of amides is 2. The van der Waals surface area contributed by atoms with E-state index in [2.05, 4.69) is 42.0 Å². The molecule has 4 rings (SSSR count). The van der Waals surface area contributed by atoms with Gasteiger partial charge in [-0.25, -0.2) is 4.98 Å². The molecule has 1 fully saturated rings. The highest BCUT2D eigenvalue weighted by atomic mass is 32.2. The van der Waals surface area contributed by atoms with Crippen LogP contribution in [0.2, 0.25) is 0 Å². The first-order valence-electron chi connectivity index (χ1n) is 10.7. The van der Waals surface area contributed by atoms with Crippen molar-refractivity contribution in [3.63, 3.8) is 0 Å². The van der Waals surface area contributed by atoms with Crippen molar-refractivity contribution in [1.82, 2.24) is 24.3 Å². The number of piperazine rings is 1. The van der Waals surface area contributed by atoms with Gasteiger partial charge in [0, 0.05) is 50.5 Å². The molecular formula is C24H27N5O2S. The summed E-state index contributed by atoms with van der Waals surface area (Å²) in [6, 6.07) is 11.9. The molecule has 3 aromatic rings. The van der Waals surface area contributed by atoms with E-state index >= 15 is 0 Å². The molecule has 166 valence electrons. The maximum atomic E-state index is 12.8. The third-order valence-electron chi connectivity index (χ3n) is 5.60. The number of aromatic nitrogens is 3. The molecule has 0 radical (unpaired) electrons. The van der Waals surface area contributed by atoms with Gasteiger partial charge < -0.3 is 9.80 Å². The van der Waals surface area contributed by atoms with E-state index in [1.807, 2.05) is 38.8 Å². The Bertz CT molecular complexity index is 1090. The smallest absolute Gasteiger partial charge is 0.233 e. The standard InChI is InChI=1S/C24H27N5O2S/c1-18-6-7-19(2)21(15-18)29-10-9-26-24(29)32-17-23(31)28-13-11-27(12-14-28)22(30)16-20-5-3-4-8-25-20/h3-10,15H,11-14,16-17H2,1-2H3. The van der Waals surface area contributed by atoms with Crippen molar-refractivity contribution in [3.05, 3.63) is 71.8 Å². The Balaban J connectivity index is 1.30. The summed E-state index contributed by atoms with van der Waals surface area (Å²) < 4.78 is 2.04. The molecule has 0 saturated carbocycles. The number of aryl methyl sites for hydroxylation is 2. The number of carbonyl (C=O) groups is 2. The largest absolute Gasteiger partial charge is 0.339 e. The average molecular weight is 450 g/mol. The second-order valence-corrected chi connectivity index (χ2v) is 8.86. The molecule has 2 amide bonds. The summed E-state index contributed by atoms with van der Waals surface area (Å²) in [4.78, 5) is 37.6. The van der Waals surface area contributed by atoms with Crippen molar-refractivity contribution in [2.75, 3.05) is 31.9 Å². The van der Waals surface area contributed by atoms with Gasteiger partial charge in [0.15, 0.2) is 5.16 Å². The maximum absolute atomic E-state index is 12.8. The van der Waals surface area contributed by atoms with Gasteiger partial charge in [0.25, 0.3) is 0 Å². The highest BCUT2D eigenvalue weighted by Crippen LogP contribution is 2.24. The molecule has 8 heteroatoms. The minimum absolute atomic E-state index is 0.0562. The predicted molar refractivity (Wildman–Crippen MR) is 125 cm³/mol. The lowest BCUT2D eigenvalue weighted by atomic mass is 10.1. The van der Waals surface area contributed by atoms with Gasteiger partial charge in [0.1, 0.15) is 0 Å². The monoisotopic (exact) mass is 449 g/mol. The Morgan fingerprint density at radius 3 is 2.41 bits per heavy atom. The Morgan fingerprint density at radius 2 is 1.69 bits per heavy atom. The number of carbonyl (C=O) groups excluding carboxylic acids is 2. The number of hydrogen-bond donors (Lipinski definition) is 0. The highest BCUT2D eigenvalue weighted by Gasteiger charge is 2.24. The van der Waals surface area contributed by atoms with Gasteiger partial charge in [-0.3, -0.25) is 19.1 Å². The minimum Gasteiger partial charge on any atom is -0.339 e. The van der Waals surface area contributed by atoms with E-state index in [0.717, 1.165) is 22.1 Å². The molecule has 1 aliphatic heterocycles. The molecule has 1 aliphatic rings. The summed E-state index contributed by atoms with van der Waals surface area (Å²) >= 11 is 1.45. The summed E-state index contributed by atoms with van der Waals surface area (Å²) in [5.74, 6) is 0.451. The molecule has 2 aromatic heterocycles. The first-order valence-corrected chi connectivity index (χ1v) is 11.7. The van der Waals surface area contributed by atoms with Crippen LogP contribution in [-0.4, -0.2) is 68.1 Å². The van der Waals surface area contributed by atoms with Crippen LogP contribution in [0.5, 0.6) is 0 Å². The van der Waals surface area contributed by atoms with Gasteiger partial charge in [0.2, 0.25) is 11.8 Å². The van der Waals surface area contributed by atoms with Crippen molar-refractivity contribution >= 4 is 23.6 Å². The lowest BCUT2D eigenvalue weighted by Gasteiger charge is -2.34. The van der Waals surface area contributed by atoms with E-state index in [1.54, 1.807) is 12.4 Å². The van der Waals surface area contributed by atoms with Crippen LogP contribution in [0.15, 0.2) is 60.1 Å². The van der Waals surface area contributed by atoms with Crippen molar-refractivity contribution < 1.29 is 9.59 Å². The SMILES string of the molecule is Cc1ccc(C)c(-n2ccnc2SCC(=O)N2CCN(C(=O)Cc3ccccn3)CC2)c1. The number of imidazole rings is 1. The summed E-state index contributed by atoms with van der Waals surface area (Å²) in [6.45, 7) is 6.36. The van der Waals surface area contributed by atoms with Gasteiger partial charge >= 0.3 is 0 Å². The molecule has 1 saturated heterocycles. The number of nitrogens with zero attached hydrogens (tertiary/aromatic N) is 5. The van der Waals surface area contributed by atoms with Crippen LogP contribution < -0.4 is 0 Å². The van der Waals surface area contributed by atoms with E-state index in [1.165, 1.54) is 17.3 Å². The zero-order chi connectivity index (χ0) is 22.5. The third-order valence-corrected chi connectivity index (χ3v) is 6.55. The van der Waals surface area contributed by atoms with Gasteiger partial charge in [-0.1, -0.05) is 30.0 Å². The fourth-order valence-electron chi connectivity index (χ4n) is 3.75. The number of thioether (sulfide) groups is 1. The van der Waals surface area contributed by atoms with Gasteiger partial charge in [-0.15, -0.1) is 0 Å². The maximum Gasteiger partial charge on any atom is 0.233 e. The second kappa shape index (κ2) is 9.99. The van der Waals surface area contributed by atoms with E-state index in [9.17, 15) is 9.59 Å². The molecule has 3 heterocycles. The van der Waals surface area contributed by atoms with Crippen LogP contribution in [0.25, 0.3) is 5.69 Å². The van der Waals surface area contributed by atoms with Crippen molar-refractivity contribution in [2.45, 2.75) is 25.4 Å². The van der Waals surface area contributed by atoms with Crippen molar-refractivity contribution in [1.29, 1.82) is 0 Å². The summed E-state index contributed by atoms with van der Waals surface area (Å²) in [6.07, 6.45) is 5.69. The topological polar surface area (TPSA) is 71.3 Å². The molecule has 32 heavy (non-hydrogen) atoms. The zero-order valence-electron chi connectivity index (χ0n) is 18.4. The quantitative estimate of drug-likeness (QED) is 0.541. The highest BCUT2D eigenvalue weighted by molar-refractivity contribution is 7.99. The first-order chi connectivity index (χ1) is 15.5. The summed E-state index contributed by atoms with van der Waals surface area (Å²) in [5, 5.41) is 0.802. The Kier molecular flexibility index (Phi) is 6.90. The molecule has 0 spiro atoms. The van der Waals surface area contributed by atoms with Gasteiger partial charge in [0.05, 0.1) is 17.9 Å². The van der Waals surface area contributed by atoms with Crippen LogP contribution in [0.3, 0.4) is 0 Å². The Morgan fingerprint density at radius 1 is 0.938 bits per heavy atom. The molecule has 7 nitrogen and oxygen atoms in total. The fourth-order valence-corrected chi connectivity index (χ4v) is 4.62. The summed E-state index contributed by atoms with van der Waals surface area (Å²) in [7, 11) is 0. The molecule has 0 unspecified atom stereocenters. The van der Waals surface area contributed by atoms with Crippen LogP contribution in [0.4, 0.5) is 0 Å². The zero-order valence-corrected chi connectivity index (χ0v) is 19.2. The molecule has 0 atom stereocenters. The molecule has 0 bridgehead atoms. The Hall–Kier alpha value is -3.13. The lowest BCUT2D eigenvalue weighted by Crippen LogP contribution is -2.51. The minimum atomic E-state index is 0.0562. The molecule has 0 N–H and O–H groups in total. The second-order valence-electron chi connectivity index (χ2n) is 7.92. The number of pyridine rings is 1. The molecule has 1 aromatic carbocycles. The molecule has 0 aliphatic carbocycles. The van der Waals surface area contributed by atoms with Crippen molar-refractivity contribution in [2.24, 2.45) is 0 Å². The normalized spacial score (nSPS) is 13.9. The Labute approximate surface area is 192 Å². The number of hydrogen-bond acceptors (Lipinski definition) is 5. The van der Waals surface area contributed by atoms with Crippen LogP contribution in [0.1, 0.15) is 16.8 Å². The van der Waals surface area contributed by atoms with Gasteiger partial charge in [-0.05, 0) is 43.2 Å². The number of benzene rings is 1. The fraction of sp³-hybridized carbons (Fsp3) is 0.333. The third kappa shape index (κ3) is 5.19. The van der Waals surface area contributed by atoms with Gasteiger partial charge in [-0.2, -0.15) is 0 Å². The van der Waals surface area contributed by atoms with E-state index in [0.29, 0.717) is 38.4 Å². The summed E-state index contributed by atoms with van der Waals surface area (Å²) in [5.41, 5.74) is 4.19. The van der Waals surface area contributed by atoms with Crippen LogP contribution >= 0.6 is 11.8 Å². The molecular weight excluding hydrogens is 422 g/mol. The van der Waals surface area contributed by atoms with E-state index in [4.69, 9.17) is 0 Å². The van der Waals surface area contributed by atoms with E-state index < -0.39 is 0 Å². The average Bonchev–Trinajstić information content (AvgIpc) is 3.28. The first kappa shape index (κ1) is 22.1. The number of rotatable bonds is 6. The van der Waals surface area contributed by atoms with Crippen LogP contribution in [-0.2, 0) is 16.0 Å². The predicted octanol–water partition coefficient (Wildman–Crippen LogP) is 2.89. The lowest BCUT2D eigenvalue weighted by molar-refractivity contribution is -0.137.